The summed E-state index contributed by atoms with van der Waals surface area (Å²) >= 11 is 5.70. The molecule has 4 heteroatoms. The molecule has 0 unspecified atom stereocenters. The Balaban J connectivity index is 2.22. The van der Waals surface area contributed by atoms with Crippen LogP contribution in [0.3, 0.4) is 0 Å². The molecule has 0 spiro atoms. The fraction of sp³-hybridized carbons (Fsp3) is 0.143. The van der Waals surface area contributed by atoms with Gasteiger partial charge in [-0.15, -0.1) is 0 Å². The van der Waals surface area contributed by atoms with Gasteiger partial charge in [0.25, 0.3) is 0 Å². The van der Waals surface area contributed by atoms with Crippen LogP contribution in [0.4, 0.5) is 0 Å². The van der Waals surface area contributed by atoms with Crippen molar-refractivity contribution in [1.82, 2.24) is 0 Å². The lowest BCUT2D eigenvalue weighted by atomic mass is 10.1. The number of hydrogen-bond donors (Lipinski definition) is 1. The van der Waals surface area contributed by atoms with Crippen molar-refractivity contribution in [3.63, 3.8) is 0 Å². The van der Waals surface area contributed by atoms with Crippen LogP contribution in [0.25, 0.3) is 0 Å². The molecule has 0 aliphatic carbocycles. The molecule has 2 aromatic carbocycles. The van der Waals surface area contributed by atoms with E-state index in [-0.39, 0.29) is 0 Å². The highest BCUT2D eigenvalue weighted by atomic mass is 127. The number of hydrogen-bond acceptors (Lipinski definition) is 2. The normalized spacial score (nSPS) is 12.2. The molecule has 2 rings (SSSR count). The lowest BCUT2D eigenvalue weighted by molar-refractivity contribution is 0.199. The lowest BCUT2D eigenvalue weighted by Gasteiger charge is -2.10. The molecule has 0 heterocycles. The zero-order valence-electron chi connectivity index (χ0n) is 9.73. The van der Waals surface area contributed by atoms with Crippen LogP contribution in [-0.2, 0) is 0 Å². The first-order chi connectivity index (χ1) is 8.56. The minimum Gasteiger partial charge on any atom is -0.456 e. The van der Waals surface area contributed by atoms with Crippen LogP contribution in [0, 0.1) is 3.57 Å². The van der Waals surface area contributed by atoms with Crippen LogP contribution in [0.1, 0.15) is 18.6 Å². The van der Waals surface area contributed by atoms with Crippen molar-refractivity contribution in [1.29, 1.82) is 0 Å². The van der Waals surface area contributed by atoms with E-state index in [0.29, 0.717) is 0 Å². The summed E-state index contributed by atoms with van der Waals surface area (Å²) < 4.78 is 7.77. The second-order valence-electron chi connectivity index (χ2n) is 3.92. The van der Waals surface area contributed by atoms with Crippen LogP contribution < -0.4 is 4.74 Å². The molecule has 0 radical (unpaired) electrons. The van der Waals surface area contributed by atoms with Gasteiger partial charge in [-0.05, 0) is 87.4 Å². The van der Waals surface area contributed by atoms with E-state index in [1.807, 2.05) is 42.5 Å². The van der Waals surface area contributed by atoms with Crippen LogP contribution in [-0.4, -0.2) is 5.11 Å². The number of halogens is 2. The van der Waals surface area contributed by atoms with Gasteiger partial charge in [0.15, 0.2) is 0 Å². The zero-order valence-corrected chi connectivity index (χ0v) is 13.5. The molecule has 94 valence electrons. The average molecular weight is 419 g/mol. The summed E-state index contributed by atoms with van der Waals surface area (Å²) in [5, 5.41) is 9.50. The van der Waals surface area contributed by atoms with Crippen molar-refractivity contribution in [3.05, 3.63) is 56.1 Å². The van der Waals surface area contributed by atoms with Gasteiger partial charge in [-0.2, -0.15) is 0 Å². The maximum absolute atomic E-state index is 9.50. The first kappa shape index (κ1) is 13.8. The zero-order chi connectivity index (χ0) is 13.1. The first-order valence-corrected chi connectivity index (χ1v) is 7.34. The maximum atomic E-state index is 9.50. The first-order valence-electron chi connectivity index (χ1n) is 5.47. The summed E-state index contributed by atoms with van der Waals surface area (Å²) in [5.74, 6) is 1.53. The molecule has 0 aliphatic heterocycles. The van der Waals surface area contributed by atoms with E-state index in [2.05, 4.69) is 38.5 Å². The summed E-state index contributed by atoms with van der Waals surface area (Å²) in [7, 11) is 0. The van der Waals surface area contributed by atoms with E-state index in [0.717, 1.165) is 21.5 Å². The topological polar surface area (TPSA) is 29.5 Å². The molecule has 2 aromatic rings. The Morgan fingerprint density at radius 2 is 1.83 bits per heavy atom. The molecule has 0 aromatic heterocycles. The second-order valence-corrected chi connectivity index (χ2v) is 6.02. The van der Waals surface area contributed by atoms with Crippen molar-refractivity contribution in [2.24, 2.45) is 0 Å². The minimum atomic E-state index is -0.478. The second kappa shape index (κ2) is 6.04. The smallest absolute Gasteiger partial charge is 0.141 e. The van der Waals surface area contributed by atoms with Crippen LogP contribution in [0.15, 0.2) is 46.9 Å². The van der Waals surface area contributed by atoms with Crippen LogP contribution >= 0.6 is 38.5 Å². The van der Waals surface area contributed by atoms with Crippen LogP contribution in [0.5, 0.6) is 11.5 Å². The third-order valence-corrected chi connectivity index (χ3v) is 3.82. The lowest BCUT2D eigenvalue weighted by Crippen LogP contribution is -1.92. The highest BCUT2D eigenvalue weighted by molar-refractivity contribution is 14.1. The van der Waals surface area contributed by atoms with E-state index in [4.69, 9.17) is 4.74 Å². The predicted molar refractivity (Wildman–Crippen MR) is 84.0 cm³/mol. The fourth-order valence-corrected chi connectivity index (χ4v) is 2.33. The maximum Gasteiger partial charge on any atom is 0.141 e. The Hall–Kier alpha value is -0.590. The molecule has 0 fully saturated rings. The SMILES string of the molecule is C[C@@H](O)c1ccc(Oc2ccc(I)cc2)c(Br)c1. The summed E-state index contributed by atoms with van der Waals surface area (Å²) in [4.78, 5) is 0. The van der Waals surface area contributed by atoms with Gasteiger partial charge in [-0.1, -0.05) is 6.07 Å². The fourth-order valence-electron chi connectivity index (χ4n) is 1.49. The van der Waals surface area contributed by atoms with Crippen molar-refractivity contribution in [3.8, 4) is 11.5 Å². The summed E-state index contributed by atoms with van der Waals surface area (Å²) in [6, 6.07) is 13.4. The quantitative estimate of drug-likeness (QED) is 0.718. The Morgan fingerprint density at radius 3 is 2.39 bits per heavy atom. The van der Waals surface area contributed by atoms with E-state index < -0.39 is 6.10 Å². The molecule has 2 nitrogen and oxygen atoms in total. The number of benzene rings is 2. The van der Waals surface area contributed by atoms with Gasteiger partial charge in [-0.25, -0.2) is 0 Å². The van der Waals surface area contributed by atoms with Crippen LogP contribution in [0.2, 0.25) is 0 Å². The third kappa shape index (κ3) is 3.46. The molecule has 1 N–H and O–H groups in total. The van der Waals surface area contributed by atoms with Crippen molar-refractivity contribution >= 4 is 38.5 Å². The summed E-state index contributed by atoms with van der Waals surface area (Å²) in [6.45, 7) is 1.74. The molecule has 0 amide bonds. The molecule has 0 bridgehead atoms. The monoisotopic (exact) mass is 418 g/mol. The number of rotatable bonds is 3. The minimum absolute atomic E-state index is 0.478. The molecule has 0 saturated heterocycles. The Bertz CT molecular complexity index is 538. The molecule has 1 atom stereocenters. The highest BCUT2D eigenvalue weighted by Crippen LogP contribution is 2.32. The van der Waals surface area contributed by atoms with Gasteiger partial charge in [0.2, 0.25) is 0 Å². The van der Waals surface area contributed by atoms with E-state index >= 15 is 0 Å². The largest absolute Gasteiger partial charge is 0.456 e. The molecular weight excluding hydrogens is 407 g/mol. The molecular formula is C14H12BrIO2. The Morgan fingerprint density at radius 1 is 1.17 bits per heavy atom. The highest BCUT2D eigenvalue weighted by Gasteiger charge is 2.07. The van der Waals surface area contributed by atoms with Gasteiger partial charge in [0.1, 0.15) is 11.5 Å². The number of aliphatic hydroxyl groups is 1. The standard InChI is InChI=1S/C14H12BrIO2/c1-9(17)10-2-7-14(13(15)8-10)18-12-5-3-11(16)4-6-12/h2-9,17H,1H3/t9-/m1/s1. The van der Waals surface area contributed by atoms with Crippen molar-refractivity contribution in [2.75, 3.05) is 0 Å². The van der Waals surface area contributed by atoms with Crippen molar-refractivity contribution in [2.45, 2.75) is 13.0 Å². The van der Waals surface area contributed by atoms with E-state index in [9.17, 15) is 5.11 Å². The Labute approximate surface area is 128 Å². The van der Waals surface area contributed by atoms with Gasteiger partial charge >= 0.3 is 0 Å². The Kier molecular flexibility index (Phi) is 4.64. The predicted octanol–water partition coefficient (Wildman–Crippen LogP) is 4.90. The molecule has 18 heavy (non-hydrogen) atoms. The van der Waals surface area contributed by atoms with E-state index in [1.165, 1.54) is 3.57 Å². The summed E-state index contributed by atoms with van der Waals surface area (Å²) in [6.07, 6.45) is -0.478. The van der Waals surface area contributed by atoms with Gasteiger partial charge in [-0.3, -0.25) is 0 Å². The number of aliphatic hydroxyl groups excluding tert-OH is 1. The third-order valence-electron chi connectivity index (χ3n) is 2.48. The van der Waals surface area contributed by atoms with Crippen molar-refractivity contribution < 1.29 is 9.84 Å². The summed E-state index contributed by atoms with van der Waals surface area (Å²) in [5.41, 5.74) is 0.858. The molecule has 0 aliphatic rings. The average Bonchev–Trinajstić information content (AvgIpc) is 2.34. The van der Waals surface area contributed by atoms with Gasteiger partial charge in [0, 0.05) is 3.57 Å². The number of ether oxygens (including phenoxy) is 1. The molecule has 0 saturated carbocycles. The van der Waals surface area contributed by atoms with E-state index in [1.54, 1.807) is 6.92 Å². The van der Waals surface area contributed by atoms with Gasteiger partial charge in [0.05, 0.1) is 10.6 Å². The van der Waals surface area contributed by atoms with Gasteiger partial charge < -0.3 is 9.84 Å².